The molecule has 2 aromatic rings. The Balaban J connectivity index is 1.84. The molecule has 0 heterocycles. The van der Waals surface area contributed by atoms with Gasteiger partial charge in [-0.15, -0.1) is 0 Å². The zero-order chi connectivity index (χ0) is 16.7. The number of thiocarbonyl (C=S) groups is 1. The van der Waals surface area contributed by atoms with Crippen molar-refractivity contribution in [1.29, 1.82) is 0 Å². The van der Waals surface area contributed by atoms with E-state index in [0.29, 0.717) is 5.69 Å². The van der Waals surface area contributed by atoms with Gasteiger partial charge >= 0.3 is 0 Å². The minimum atomic E-state index is -0.177. The Morgan fingerprint density at radius 3 is 2.04 bits per heavy atom. The van der Waals surface area contributed by atoms with Crippen LogP contribution in [0.2, 0.25) is 0 Å². The third-order valence-corrected chi connectivity index (χ3v) is 3.13. The molecule has 3 N–H and O–H groups in total. The molecule has 2 rings (SSSR count). The van der Waals surface area contributed by atoms with Crippen molar-refractivity contribution < 1.29 is 9.59 Å². The first-order chi connectivity index (χ1) is 11.0. The molecule has 0 bridgehead atoms. The largest absolute Gasteiger partial charge is 0.332 e. The third kappa shape index (κ3) is 5.88. The second-order valence-corrected chi connectivity index (χ2v) is 5.33. The van der Waals surface area contributed by atoms with Crippen molar-refractivity contribution >= 4 is 40.5 Å². The van der Waals surface area contributed by atoms with Crippen molar-refractivity contribution in [2.45, 2.75) is 13.3 Å². The number of carbonyl (C=O) groups excluding carboxylic acids is 2. The molecule has 118 valence electrons. The van der Waals surface area contributed by atoms with Crippen molar-refractivity contribution in [2.24, 2.45) is 0 Å². The highest BCUT2D eigenvalue weighted by Gasteiger charge is 2.06. The van der Waals surface area contributed by atoms with Crippen molar-refractivity contribution in [2.75, 3.05) is 10.6 Å². The number of benzene rings is 2. The highest BCUT2D eigenvalue weighted by Crippen LogP contribution is 2.13. The standard InChI is InChI=1S/C17H17N3O2S/c1-12(21)18-14-7-9-15(10-8-14)19-17(23)20-16(22)11-13-5-3-2-4-6-13/h2-10H,11H2,1H3,(H,18,21)(H2,19,20,22,23). The molecule has 0 saturated carbocycles. The molecule has 2 aromatic carbocycles. The number of carbonyl (C=O) groups is 2. The van der Waals surface area contributed by atoms with E-state index >= 15 is 0 Å². The van der Waals surface area contributed by atoms with Crippen LogP contribution in [0.3, 0.4) is 0 Å². The topological polar surface area (TPSA) is 70.2 Å². The molecule has 0 aliphatic carbocycles. The van der Waals surface area contributed by atoms with Gasteiger partial charge in [0.05, 0.1) is 6.42 Å². The first-order valence-corrected chi connectivity index (χ1v) is 7.46. The molecule has 0 radical (unpaired) electrons. The van der Waals surface area contributed by atoms with E-state index in [9.17, 15) is 9.59 Å². The van der Waals surface area contributed by atoms with Gasteiger partial charge in [0.2, 0.25) is 11.8 Å². The first kappa shape index (κ1) is 16.6. The van der Waals surface area contributed by atoms with Crippen LogP contribution in [0.25, 0.3) is 0 Å². The molecular formula is C17H17N3O2S. The number of nitrogens with one attached hydrogen (secondary N) is 3. The first-order valence-electron chi connectivity index (χ1n) is 7.05. The second-order valence-electron chi connectivity index (χ2n) is 4.92. The van der Waals surface area contributed by atoms with Crippen LogP contribution in [0.5, 0.6) is 0 Å². The summed E-state index contributed by atoms with van der Waals surface area (Å²) in [6, 6.07) is 16.5. The number of rotatable bonds is 4. The summed E-state index contributed by atoms with van der Waals surface area (Å²) in [6.07, 6.45) is 0.268. The average molecular weight is 327 g/mol. The fraction of sp³-hybridized carbons (Fsp3) is 0.118. The molecule has 0 saturated heterocycles. The maximum absolute atomic E-state index is 11.9. The number of amides is 2. The molecule has 2 amide bonds. The quantitative estimate of drug-likeness (QED) is 0.755. The van der Waals surface area contributed by atoms with Crippen molar-refractivity contribution in [3.63, 3.8) is 0 Å². The summed E-state index contributed by atoms with van der Waals surface area (Å²) in [7, 11) is 0. The minimum Gasteiger partial charge on any atom is -0.332 e. The second kappa shape index (κ2) is 8.05. The summed E-state index contributed by atoms with van der Waals surface area (Å²) in [5.41, 5.74) is 2.35. The van der Waals surface area contributed by atoms with Crippen LogP contribution in [-0.2, 0) is 16.0 Å². The fourth-order valence-electron chi connectivity index (χ4n) is 1.95. The summed E-state index contributed by atoms with van der Waals surface area (Å²) >= 11 is 5.12. The number of anilines is 2. The lowest BCUT2D eigenvalue weighted by Crippen LogP contribution is -2.35. The lowest BCUT2D eigenvalue weighted by molar-refractivity contribution is -0.119. The van der Waals surface area contributed by atoms with Gasteiger partial charge in [0.25, 0.3) is 0 Å². The van der Waals surface area contributed by atoms with Gasteiger partial charge in [0.1, 0.15) is 0 Å². The summed E-state index contributed by atoms with van der Waals surface area (Å²) in [5.74, 6) is -0.307. The Labute approximate surface area is 140 Å². The van der Waals surface area contributed by atoms with E-state index < -0.39 is 0 Å². The minimum absolute atomic E-state index is 0.130. The summed E-state index contributed by atoms with van der Waals surface area (Å²) in [6.45, 7) is 1.45. The van der Waals surface area contributed by atoms with E-state index in [4.69, 9.17) is 12.2 Å². The van der Waals surface area contributed by atoms with Crippen LogP contribution in [0.4, 0.5) is 11.4 Å². The molecule has 0 fully saturated rings. The van der Waals surface area contributed by atoms with Gasteiger partial charge in [0, 0.05) is 18.3 Å². The van der Waals surface area contributed by atoms with Gasteiger partial charge in [-0.05, 0) is 42.0 Å². The molecule has 23 heavy (non-hydrogen) atoms. The Hall–Kier alpha value is -2.73. The summed E-state index contributed by atoms with van der Waals surface area (Å²) in [5, 5.41) is 8.47. The van der Waals surface area contributed by atoms with Crippen LogP contribution in [-0.4, -0.2) is 16.9 Å². The van der Waals surface area contributed by atoms with Gasteiger partial charge < -0.3 is 16.0 Å². The Morgan fingerprint density at radius 1 is 0.913 bits per heavy atom. The van der Waals surface area contributed by atoms with Crippen LogP contribution >= 0.6 is 12.2 Å². The maximum Gasteiger partial charge on any atom is 0.230 e. The van der Waals surface area contributed by atoms with E-state index in [1.54, 1.807) is 24.3 Å². The molecule has 0 aromatic heterocycles. The Morgan fingerprint density at radius 2 is 1.48 bits per heavy atom. The van der Waals surface area contributed by atoms with Gasteiger partial charge in [-0.1, -0.05) is 30.3 Å². The molecule has 0 spiro atoms. The van der Waals surface area contributed by atoms with E-state index in [1.807, 2.05) is 30.3 Å². The van der Waals surface area contributed by atoms with Gasteiger partial charge in [-0.3, -0.25) is 9.59 Å². The van der Waals surface area contributed by atoms with E-state index in [1.165, 1.54) is 6.92 Å². The maximum atomic E-state index is 11.9. The van der Waals surface area contributed by atoms with Gasteiger partial charge in [-0.25, -0.2) is 0 Å². The lowest BCUT2D eigenvalue weighted by Gasteiger charge is -2.10. The number of hydrogen-bond donors (Lipinski definition) is 3. The van der Waals surface area contributed by atoms with E-state index in [2.05, 4.69) is 16.0 Å². The molecule has 0 atom stereocenters. The molecule has 0 unspecified atom stereocenters. The monoisotopic (exact) mass is 327 g/mol. The molecule has 0 aliphatic rings. The predicted octanol–water partition coefficient (Wildman–Crippen LogP) is 2.70. The SMILES string of the molecule is CC(=O)Nc1ccc(NC(=S)NC(=O)Cc2ccccc2)cc1. The zero-order valence-corrected chi connectivity index (χ0v) is 13.4. The average Bonchev–Trinajstić information content (AvgIpc) is 2.49. The van der Waals surface area contributed by atoms with Crippen LogP contribution in [0.1, 0.15) is 12.5 Å². The smallest absolute Gasteiger partial charge is 0.230 e. The van der Waals surface area contributed by atoms with Gasteiger partial charge in [-0.2, -0.15) is 0 Å². The van der Waals surface area contributed by atoms with Crippen LogP contribution in [0, 0.1) is 0 Å². The summed E-state index contributed by atoms with van der Waals surface area (Å²) in [4.78, 5) is 22.9. The lowest BCUT2D eigenvalue weighted by atomic mass is 10.1. The molecule has 6 heteroatoms. The zero-order valence-electron chi connectivity index (χ0n) is 12.6. The molecule has 0 aliphatic heterocycles. The van der Waals surface area contributed by atoms with E-state index in [-0.39, 0.29) is 23.3 Å². The predicted molar refractivity (Wildman–Crippen MR) is 95.3 cm³/mol. The highest BCUT2D eigenvalue weighted by molar-refractivity contribution is 7.80. The Bertz CT molecular complexity index is 700. The third-order valence-electron chi connectivity index (χ3n) is 2.92. The fourth-order valence-corrected chi connectivity index (χ4v) is 2.19. The highest BCUT2D eigenvalue weighted by atomic mass is 32.1. The van der Waals surface area contributed by atoms with Crippen molar-refractivity contribution in [3.8, 4) is 0 Å². The summed E-state index contributed by atoms with van der Waals surface area (Å²) < 4.78 is 0. The van der Waals surface area contributed by atoms with Gasteiger partial charge in [0.15, 0.2) is 5.11 Å². The van der Waals surface area contributed by atoms with Crippen molar-refractivity contribution in [3.05, 3.63) is 60.2 Å². The Kier molecular flexibility index (Phi) is 5.82. The van der Waals surface area contributed by atoms with Crippen LogP contribution in [0.15, 0.2) is 54.6 Å². The molecular weight excluding hydrogens is 310 g/mol. The molecule has 5 nitrogen and oxygen atoms in total. The normalized spacial score (nSPS) is 9.78. The van der Waals surface area contributed by atoms with Crippen LogP contribution < -0.4 is 16.0 Å². The van der Waals surface area contributed by atoms with E-state index in [0.717, 1.165) is 11.3 Å². The van der Waals surface area contributed by atoms with Crippen molar-refractivity contribution in [1.82, 2.24) is 5.32 Å². The number of hydrogen-bond acceptors (Lipinski definition) is 3.